The first-order valence-corrected chi connectivity index (χ1v) is 6.76. The van der Waals surface area contributed by atoms with Crippen LogP contribution < -0.4 is 5.32 Å². The summed E-state index contributed by atoms with van der Waals surface area (Å²) in [6.07, 6.45) is -5.43. The zero-order valence-electron chi connectivity index (χ0n) is 12.2. The fourth-order valence-corrected chi connectivity index (χ4v) is 2.04. The smallest absolute Gasteiger partial charge is 0.396 e. The van der Waals surface area contributed by atoms with E-state index in [0.29, 0.717) is 0 Å². The van der Waals surface area contributed by atoms with Gasteiger partial charge in [0.25, 0.3) is 0 Å². The van der Waals surface area contributed by atoms with E-state index in [1.54, 1.807) is 19.9 Å². The van der Waals surface area contributed by atoms with Gasteiger partial charge in [-0.2, -0.15) is 13.2 Å². The molecule has 0 radical (unpaired) electrons. The van der Waals surface area contributed by atoms with E-state index < -0.39 is 42.4 Å². The van der Waals surface area contributed by atoms with Gasteiger partial charge in [0.2, 0.25) is 5.91 Å². The van der Waals surface area contributed by atoms with Crippen molar-refractivity contribution in [2.75, 3.05) is 0 Å². The van der Waals surface area contributed by atoms with E-state index >= 15 is 0 Å². The molecular weight excluding hydrogens is 299 g/mol. The Balaban J connectivity index is 2.87. The average molecular weight is 317 g/mol. The molecule has 1 aromatic rings. The van der Waals surface area contributed by atoms with E-state index in [9.17, 15) is 22.8 Å². The fourth-order valence-electron chi connectivity index (χ4n) is 2.04. The maximum atomic E-state index is 13.1. The minimum Gasteiger partial charge on any atom is -0.480 e. The molecular formula is C15H18F3NO3. The molecule has 122 valence electrons. The SMILES string of the molecule is CC(C)C(NC(=O)CC(c1ccccc1)C(F)(F)F)C(=O)O. The van der Waals surface area contributed by atoms with Crippen molar-refractivity contribution >= 4 is 11.9 Å². The number of carbonyl (C=O) groups excluding carboxylic acids is 1. The van der Waals surface area contributed by atoms with Gasteiger partial charge in [0.05, 0.1) is 5.92 Å². The van der Waals surface area contributed by atoms with Gasteiger partial charge >= 0.3 is 12.1 Å². The van der Waals surface area contributed by atoms with Crippen LogP contribution in [0.25, 0.3) is 0 Å². The number of hydrogen-bond acceptors (Lipinski definition) is 2. The number of nitrogens with one attached hydrogen (secondary N) is 1. The van der Waals surface area contributed by atoms with Crippen LogP contribution in [0.5, 0.6) is 0 Å². The predicted octanol–water partition coefficient (Wildman–Crippen LogP) is 2.95. The number of halogens is 3. The predicted molar refractivity (Wildman–Crippen MR) is 74.3 cm³/mol. The normalized spacial score (nSPS) is 14.5. The molecule has 7 heteroatoms. The number of carboxylic acids is 1. The number of hydrogen-bond donors (Lipinski definition) is 2. The van der Waals surface area contributed by atoms with Gasteiger partial charge in [-0.25, -0.2) is 4.79 Å². The zero-order chi connectivity index (χ0) is 16.9. The van der Waals surface area contributed by atoms with Gasteiger partial charge in [-0.15, -0.1) is 0 Å². The van der Waals surface area contributed by atoms with Crippen molar-refractivity contribution in [1.82, 2.24) is 5.32 Å². The molecule has 2 N–H and O–H groups in total. The summed E-state index contributed by atoms with van der Waals surface area (Å²) in [6, 6.07) is 5.87. The average Bonchev–Trinajstić information content (AvgIpc) is 2.41. The Labute approximate surface area is 126 Å². The molecule has 0 bridgehead atoms. The summed E-state index contributed by atoms with van der Waals surface area (Å²) in [5, 5.41) is 11.1. The van der Waals surface area contributed by atoms with Crippen LogP contribution in [0.4, 0.5) is 13.2 Å². The van der Waals surface area contributed by atoms with Crippen molar-refractivity contribution < 1.29 is 27.9 Å². The molecule has 0 aliphatic heterocycles. The minimum absolute atomic E-state index is 0.0263. The largest absolute Gasteiger partial charge is 0.480 e. The highest BCUT2D eigenvalue weighted by Gasteiger charge is 2.42. The second kappa shape index (κ2) is 7.29. The third-order valence-electron chi connectivity index (χ3n) is 3.24. The number of benzene rings is 1. The van der Waals surface area contributed by atoms with Gasteiger partial charge in [-0.3, -0.25) is 4.79 Å². The second-order valence-corrected chi connectivity index (χ2v) is 5.34. The molecule has 2 unspecified atom stereocenters. The van der Waals surface area contributed by atoms with Crippen LogP contribution in [0.3, 0.4) is 0 Å². The first kappa shape index (κ1) is 18.0. The molecule has 0 saturated heterocycles. The molecule has 0 spiro atoms. The summed E-state index contributed by atoms with van der Waals surface area (Å²) in [4.78, 5) is 22.8. The minimum atomic E-state index is -4.59. The third kappa shape index (κ3) is 5.05. The van der Waals surface area contributed by atoms with Crippen molar-refractivity contribution in [3.05, 3.63) is 35.9 Å². The number of alkyl halides is 3. The van der Waals surface area contributed by atoms with Crippen molar-refractivity contribution in [1.29, 1.82) is 0 Å². The molecule has 2 atom stereocenters. The second-order valence-electron chi connectivity index (χ2n) is 5.34. The first-order valence-electron chi connectivity index (χ1n) is 6.76. The maximum absolute atomic E-state index is 13.1. The Hall–Kier alpha value is -2.05. The summed E-state index contributed by atoms with van der Waals surface area (Å²) in [7, 11) is 0. The van der Waals surface area contributed by atoms with Gasteiger partial charge in [-0.05, 0) is 11.5 Å². The molecule has 1 rings (SSSR count). The lowest BCUT2D eigenvalue weighted by Crippen LogP contribution is -2.45. The molecule has 1 amide bonds. The van der Waals surface area contributed by atoms with Crippen molar-refractivity contribution in [2.45, 2.75) is 38.4 Å². The maximum Gasteiger partial charge on any atom is 0.396 e. The highest BCUT2D eigenvalue weighted by molar-refractivity contribution is 5.84. The summed E-state index contributed by atoms with van der Waals surface area (Å²) >= 11 is 0. The van der Waals surface area contributed by atoms with Gasteiger partial charge in [0.1, 0.15) is 6.04 Å². The molecule has 0 aromatic heterocycles. The summed E-state index contributed by atoms with van der Waals surface area (Å²) < 4.78 is 39.4. The van der Waals surface area contributed by atoms with Crippen LogP contribution in [0, 0.1) is 5.92 Å². The van der Waals surface area contributed by atoms with Crippen molar-refractivity contribution in [3.63, 3.8) is 0 Å². The standard InChI is InChI=1S/C15H18F3NO3/c1-9(2)13(14(21)22)19-12(20)8-11(15(16,17)18)10-6-4-3-5-7-10/h3-7,9,11,13H,8H2,1-2H3,(H,19,20)(H,21,22). The van der Waals surface area contributed by atoms with Crippen LogP contribution in [-0.2, 0) is 9.59 Å². The Morgan fingerprint density at radius 3 is 2.14 bits per heavy atom. The highest BCUT2D eigenvalue weighted by Crippen LogP contribution is 2.37. The Morgan fingerprint density at radius 2 is 1.73 bits per heavy atom. The van der Waals surface area contributed by atoms with E-state index in [-0.39, 0.29) is 5.56 Å². The molecule has 1 aromatic carbocycles. The van der Waals surface area contributed by atoms with Crippen LogP contribution in [0.15, 0.2) is 30.3 Å². The van der Waals surface area contributed by atoms with Crippen LogP contribution in [-0.4, -0.2) is 29.2 Å². The topological polar surface area (TPSA) is 66.4 Å². The number of amides is 1. The molecule has 0 saturated carbocycles. The molecule has 22 heavy (non-hydrogen) atoms. The van der Waals surface area contributed by atoms with Gasteiger partial charge in [-0.1, -0.05) is 44.2 Å². The zero-order valence-corrected chi connectivity index (χ0v) is 12.2. The Bertz CT molecular complexity index is 515. The van der Waals surface area contributed by atoms with Gasteiger partial charge in [0.15, 0.2) is 0 Å². The van der Waals surface area contributed by atoms with Crippen LogP contribution in [0.2, 0.25) is 0 Å². The number of carbonyl (C=O) groups is 2. The summed E-state index contributed by atoms with van der Waals surface area (Å²) in [5.74, 6) is -4.60. The molecule has 0 aliphatic carbocycles. The lowest BCUT2D eigenvalue weighted by molar-refractivity contribution is -0.158. The number of rotatable bonds is 6. The number of aliphatic carboxylic acids is 1. The lowest BCUT2D eigenvalue weighted by Gasteiger charge is -2.23. The van der Waals surface area contributed by atoms with E-state index in [1.807, 2.05) is 0 Å². The third-order valence-corrected chi connectivity index (χ3v) is 3.24. The number of carboxylic acid groups (broad SMARTS) is 1. The summed E-state index contributed by atoms with van der Waals surface area (Å²) in [5.41, 5.74) is -0.0263. The van der Waals surface area contributed by atoms with Crippen LogP contribution >= 0.6 is 0 Å². The quantitative estimate of drug-likeness (QED) is 0.848. The Morgan fingerprint density at radius 1 is 1.18 bits per heavy atom. The fraction of sp³-hybridized carbons (Fsp3) is 0.467. The molecule has 0 heterocycles. The van der Waals surface area contributed by atoms with Crippen molar-refractivity contribution in [2.24, 2.45) is 5.92 Å². The Kier molecular flexibility index (Phi) is 5.96. The first-order chi connectivity index (χ1) is 10.1. The van der Waals surface area contributed by atoms with Crippen LogP contribution in [0.1, 0.15) is 31.7 Å². The molecule has 0 aliphatic rings. The van der Waals surface area contributed by atoms with E-state index in [0.717, 1.165) is 0 Å². The van der Waals surface area contributed by atoms with Crippen molar-refractivity contribution in [3.8, 4) is 0 Å². The van der Waals surface area contributed by atoms with E-state index in [1.165, 1.54) is 24.3 Å². The van der Waals surface area contributed by atoms with Gasteiger partial charge in [0, 0.05) is 6.42 Å². The van der Waals surface area contributed by atoms with E-state index in [4.69, 9.17) is 5.11 Å². The molecule has 0 fully saturated rings. The van der Waals surface area contributed by atoms with Gasteiger partial charge < -0.3 is 10.4 Å². The summed E-state index contributed by atoms with van der Waals surface area (Å²) in [6.45, 7) is 3.13. The molecule has 4 nitrogen and oxygen atoms in total. The van der Waals surface area contributed by atoms with E-state index in [2.05, 4.69) is 5.32 Å². The highest BCUT2D eigenvalue weighted by atomic mass is 19.4. The monoisotopic (exact) mass is 317 g/mol. The lowest BCUT2D eigenvalue weighted by atomic mass is 9.94.